The number of amides is 1. The molecule has 0 fully saturated rings. The van der Waals surface area contributed by atoms with Crippen LogP contribution in [0.2, 0.25) is 0 Å². The van der Waals surface area contributed by atoms with E-state index in [0.717, 1.165) is 20.1 Å². The van der Waals surface area contributed by atoms with Gasteiger partial charge in [0.1, 0.15) is 5.75 Å². The first-order valence-electron chi connectivity index (χ1n) is 9.40. The first kappa shape index (κ1) is 24.2. The SMILES string of the molecule is CCOc1c(Br)cc(/C=N/NC(=O)COc2ccc(Br)cc2C(C)(C)C)cc1OC. The van der Waals surface area contributed by atoms with Gasteiger partial charge in [-0.3, -0.25) is 4.79 Å². The van der Waals surface area contributed by atoms with Crippen LogP contribution in [0.1, 0.15) is 38.8 Å². The largest absolute Gasteiger partial charge is 0.493 e. The third-order valence-corrected chi connectivity index (χ3v) is 5.13. The van der Waals surface area contributed by atoms with Gasteiger partial charge in [-0.15, -0.1) is 0 Å². The van der Waals surface area contributed by atoms with Crippen LogP contribution in [0.3, 0.4) is 0 Å². The number of methoxy groups -OCH3 is 1. The van der Waals surface area contributed by atoms with Gasteiger partial charge < -0.3 is 14.2 Å². The van der Waals surface area contributed by atoms with E-state index in [9.17, 15) is 4.79 Å². The summed E-state index contributed by atoms with van der Waals surface area (Å²) in [7, 11) is 1.57. The van der Waals surface area contributed by atoms with Crippen LogP contribution in [-0.2, 0) is 10.2 Å². The van der Waals surface area contributed by atoms with Gasteiger partial charge in [-0.2, -0.15) is 5.10 Å². The molecule has 0 saturated heterocycles. The second kappa shape index (κ2) is 10.8. The van der Waals surface area contributed by atoms with Crippen LogP contribution in [0, 0.1) is 0 Å². The molecule has 2 aromatic rings. The lowest BCUT2D eigenvalue weighted by molar-refractivity contribution is -0.123. The number of carbonyl (C=O) groups is 1. The van der Waals surface area contributed by atoms with Crippen LogP contribution in [-0.4, -0.2) is 32.4 Å². The van der Waals surface area contributed by atoms with Gasteiger partial charge in [0.15, 0.2) is 18.1 Å². The normalized spacial score (nSPS) is 11.4. The Morgan fingerprint density at radius 1 is 1.13 bits per heavy atom. The fourth-order valence-electron chi connectivity index (χ4n) is 2.67. The second-order valence-electron chi connectivity index (χ2n) is 7.44. The summed E-state index contributed by atoms with van der Waals surface area (Å²) in [4.78, 5) is 12.2. The third kappa shape index (κ3) is 6.74. The zero-order valence-electron chi connectivity index (χ0n) is 17.7. The van der Waals surface area contributed by atoms with Gasteiger partial charge in [0.05, 0.1) is 24.4 Å². The molecule has 8 heteroatoms. The maximum Gasteiger partial charge on any atom is 0.277 e. The summed E-state index contributed by atoms with van der Waals surface area (Å²) in [5.74, 6) is 1.52. The van der Waals surface area contributed by atoms with Crippen LogP contribution in [0.5, 0.6) is 17.2 Å². The molecule has 1 amide bonds. The minimum Gasteiger partial charge on any atom is -0.493 e. The summed E-state index contributed by atoms with van der Waals surface area (Å²) < 4.78 is 18.4. The van der Waals surface area contributed by atoms with Crippen molar-refractivity contribution in [3.63, 3.8) is 0 Å². The third-order valence-electron chi connectivity index (χ3n) is 4.05. The van der Waals surface area contributed by atoms with Crippen LogP contribution in [0.25, 0.3) is 0 Å². The predicted octanol–water partition coefficient (Wildman–Crippen LogP) is 5.45. The smallest absolute Gasteiger partial charge is 0.277 e. The molecule has 0 aliphatic rings. The van der Waals surface area contributed by atoms with Crippen LogP contribution >= 0.6 is 31.9 Å². The molecular weight excluding hydrogens is 516 g/mol. The van der Waals surface area contributed by atoms with E-state index in [0.29, 0.717) is 23.9 Å². The molecule has 0 aliphatic carbocycles. The van der Waals surface area contributed by atoms with Crippen molar-refractivity contribution in [1.82, 2.24) is 5.43 Å². The van der Waals surface area contributed by atoms with Crippen LogP contribution < -0.4 is 19.6 Å². The summed E-state index contributed by atoms with van der Waals surface area (Å²) >= 11 is 6.94. The number of halogens is 2. The quantitative estimate of drug-likeness (QED) is 0.356. The van der Waals surface area contributed by atoms with E-state index >= 15 is 0 Å². The summed E-state index contributed by atoms with van der Waals surface area (Å²) in [6, 6.07) is 9.35. The van der Waals surface area contributed by atoms with Crippen molar-refractivity contribution >= 4 is 44.0 Å². The van der Waals surface area contributed by atoms with E-state index in [2.05, 4.69) is 63.2 Å². The number of hydrazone groups is 1. The maximum absolute atomic E-state index is 12.2. The van der Waals surface area contributed by atoms with Gasteiger partial charge in [0.2, 0.25) is 0 Å². The van der Waals surface area contributed by atoms with Crippen molar-refractivity contribution in [2.24, 2.45) is 5.10 Å². The lowest BCUT2D eigenvalue weighted by Gasteiger charge is -2.23. The first-order chi connectivity index (χ1) is 14.2. The molecule has 1 N–H and O–H groups in total. The molecule has 0 radical (unpaired) electrons. The second-order valence-corrected chi connectivity index (χ2v) is 9.21. The molecule has 0 bridgehead atoms. The molecular formula is C22H26Br2N2O4. The zero-order chi connectivity index (χ0) is 22.3. The Morgan fingerprint density at radius 3 is 2.50 bits per heavy atom. The minimum atomic E-state index is -0.356. The Balaban J connectivity index is 2.01. The van der Waals surface area contributed by atoms with E-state index in [-0.39, 0.29) is 17.9 Å². The highest BCUT2D eigenvalue weighted by Gasteiger charge is 2.20. The Labute approximate surface area is 194 Å². The van der Waals surface area contributed by atoms with Crippen molar-refractivity contribution in [1.29, 1.82) is 0 Å². The van der Waals surface area contributed by atoms with Gasteiger partial charge >= 0.3 is 0 Å². The van der Waals surface area contributed by atoms with Crippen LogP contribution in [0.15, 0.2) is 44.4 Å². The molecule has 2 rings (SSSR count). The molecule has 0 atom stereocenters. The highest BCUT2D eigenvalue weighted by Crippen LogP contribution is 2.36. The van der Waals surface area contributed by atoms with Crippen molar-refractivity contribution < 1.29 is 19.0 Å². The highest BCUT2D eigenvalue weighted by molar-refractivity contribution is 9.10. The van der Waals surface area contributed by atoms with Crippen molar-refractivity contribution in [2.45, 2.75) is 33.1 Å². The number of rotatable bonds is 8. The standard InChI is InChI=1S/C22H26Br2N2O4/c1-6-29-21-17(24)9-14(10-19(21)28-5)12-25-26-20(27)13-30-18-8-7-15(23)11-16(18)22(2,3)4/h7-12H,6,13H2,1-5H3,(H,26,27)/b25-12+. The van der Waals surface area contributed by atoms with Crippen molar-refractivity contribution in [2.75, 3.05) is 20.3 Å². The fraction of sp³-hybridized carbons (Fsp3) is 0.364. The fourth-order valence-corrected chi connectivity index (χ4v) is 3.60. The molecule has 0 unspecified atom stereocenters. The predicted molar refractivity (Wildman–Crippen MR) is 126 cm³/mol. The number of ether oxygens (including phenoxy) is 3. The summed E-state index contributed by atoms with van der Waals surface area (Å²) in [6.45, 7) is 8.56. The molecule has 0 aliphatic heterocycles. The van der Waals surface area contributed by atoms with E-state index in [1.807, 2.05) is 31.2 Å². The summed E-state index contributed by atoms with van der Waals surface area (Å²) in [5, 5.41) is 4.00. The number of benzene rings is 2. The molecule has 0 heterocycles. The highest BCUT2D eigenvalue weighted by atomic mass is 79.9. The number of nitrogens with one attached hydrogen (secondary N) is 1. The van der Waals surface area contributed by atoms with Crippen LogP contribution in [0.4, 0.5) is 0 Å². The van der Waals surface area contributed by atoms with E-state index in [1.165, 1.54) is 6.21 Å². The zero-order valence-corrected chi connectivity index (χ0v) is 20.9. The Morgan fingerprint density at radius 2 is 1.87 bits per heavy atom. The van der Waals surface area contributed by atoms with Gasteiger partial charge in [-0.1, -0.05) is 36.7 Å². The molecule has 2 aromatic carbocycles. The first-order valence-corrected chi connectivity index (χ1v) is 11.0. The van der Waals surface area contributed by atoms with E-state index < -0.39 is 0 Å². The van der Waals surface area contributed by atoms with Gasteiger partial charge in [0.25, 0.3) is 5.91 Å². The summed E-state index contributed by atoms with van der Waals surface area (Å²) in [5.41, 5.74) is 4.11. The molecule has 0 aromatic heterocycles. The van der Waals surface area contributed by atoms with E-state index in [4.69, 9.17) is 14.2 Å². The Hall–Kier alpha value is -2.06. The van der Waals surface area contributed by atoms with Gasteiger partial charge in [0, 0.05) is 10.0 Å². The van der Waals surface area contributed by atoms with Gasteiger partial charge in [-0.05, 0) is 64.2 Å². The average molecular weight is 542 g/mol. The average Bonchev–Trinajstić information content (AvgIpc) is 2.68. The lowest BCUT2D eigenvalue weighted by atomic mass is 9.86. The molecule has 0 spiro atoms. The Kier molecular flexibility index (Phi) is 8.73. The molecule has 30 heavy (non-hydrogen) atoms. The van der Waals surface area contributed by atoms with Crippen molar-refractivity contribution in [3.05, 3.63) is 50.4 Å². The number of carbonyl (C=O) groups excluding carboxylic acids is 1. The molecule has 162 valence electrons. The molecule has 0 saturated carbocycles. The van der Waals surface area contributed by atoms with Gasteiger partial charge in [-0.25, -0.2) is 5.43 Å². The van der Waals surface area contributed by atoms with E-state index in [1.54, 1.807) is 13.2 Å². The van der Waals surface area contributed by atoms with Crippen molar-refractivity contribution in [3.8, 4) is 17.2 Å². The maximum atomic E-state index is 12.2. The minimum absolute atomic E-state index is 0.117. The monoisotopic (exact) mass is 540 g/mol. The topological polar surface area (TPSA) is 69.2 Å². The number of hydrogen-bond acceptors (Lipinski definition) is 5. The summed E-state index contributed by atoms with van der Waals surface area (Å²) in [6.07, 6.45) is 1.53. The number of hydrogen-bond donors (Lipinski definition) is 1. The Bertz CT molecular complexity index is 924. The number of nitrogens with zero attached hydrogens (tertiary/aromatic N) is 1. The lowest BCUT2D eigenvalue weighted by Crippen LogP contribution is -2.25. The molecule has 6 nitrogen and oxygen atoms in total.